The van der Waals surface area contributed by atoms with E-state index in [1.165, 1.54) is 18.4 Å². The van der Waals surface area contributed by atoms with Crippen LogP contribution in [0.4, 0.5) is 0 Å². The van der Waals surface area contributed by atoms with E-state index in [1.54, 1.807) is 5.38 Å². The largest absolute Gasteiger partial charge is 0.391 e. The molecular formula is C16H20N2O3S. The maximum absolute atomic E-state index is 12.0. The third-order valence-electron chi connectivity index (χ3n) is 3.23. The van der Waals surface area contributed by atoms with Gasteiger partial charge in [0.25, 0.3) is 5.91 Å². The third-order valence-corrected chi connectivity index (χ3v) is 4.11. The van der Waals surface area contributed by atoms with Gasteiger partial charge in [-0.05, 0) is 18.9 Å². The summed E-state index contributed by atoms with van der Waals surface area (Å²) in [5, 5.41) is 14.9. The summed E-state index contributed by atoms with van der Waals surface area (Å²) in [4.78, 5) is 16.4. The van der Waals surface area contributed by atoms with Crippen LogP contribution < -0.4 is 5.32 Å². The zero-order valence-corrected chi connectivity index (χ0v) is 13.5. The van der Waals surface area contributed by atoms with Crippen LogP contribution in [0.3, 0.4) is 0 Å². The molecule has 22 heavy (non-hydrogen) atoms. The number of benzene rings is 1. The van der Waals surface area contributed by atoms with E-state index in [9.17, 15) is 9.90 Å². The van der Waals surface area contributed by atoms with Gasteiger partial charge in [0.05, 0.1) is 12.7 Å². The summed E-state index contributed by atoms with van der Waals surface area (Å²) >= 11 is 1.45. The molecule has 1 aromatic heterocycles. The number of rotatable bonds is 7. The van der Waals surface area contributed by atoms with Crippen molar-refractivity contribution in [1.82, 2.24) is 10.3 Å². The van der Waals surface area contributed by atoms with Crippen molar-refractivity contribution in [2.24, 2.45) is 0 Å². The first kappa shape index (κ1) is 16.6. The van der Waals surface area contributed by atoms with E-state index in [2.05, 4.69) is 10.3 Å². The van der Waals surface area contributed by atoms with Crippen LogP contribution in [0.25, 0.3) is 10.6 Å². The topological polar surface area (TPSA) is 71.5 Å². The fourth-order valence-corrected chi connectivity index (χ4v) is 2.92. The number of aromatic nitrogens is 1. The highest BCUT2D eigenvalue weighted by molar-refractivity contribution is 7.13. The lowest BCUT2D eigenvalue weighted by atomic mass is 10.1. The van der Waals surface area contributed by atoms with Crippen LogP contribution in [0, 0.1) is 6.92 Å². The second-order valence-corrected chi connectivity index (χ2v) is 5.86. The van der Waals surface area contributed by atoms with Gasteiger partial charge in [0.2, 0.25) is 0 Å². The molecule has 5 nitrogen and oxygen atoms in total. The van der Waals surface area contributed by atoms with E-state index >= 15 is 0 Å². The van der Waals surface area contributed by atoms with Crippen LogP contribution in [-0.2, 0) is 4.74 Å². The average Bonchev–Trinajstić information content (AvgIpc) is 2.97. The standard InChI is InChI=1S/C16H20N2O3S/c1-11-5-3-4-6-13(11)16-18-14(10-22-16)15(20)17-8-7-12(19)9-21-2/h3-6,10,12,19H,7-9H2,1-2H3,(H,17,20). The molecule has 2 aromatic rings. The van der Waals surface area contributed by atoms with Crippen LogP contribution in [0.5, 0.6) is 0 Å². The lowest BCUT2D eigenvalue weighted by Gasteiger charge is -2.09. The minimum Gasteiger partial charge on any atom is -0.391 e. The number of aliphatic hydroxyl groups is 1. The molecule has 0 aliphatic rings. The first-order valence-corrected chi connectivity index (χ1v) is 7.96. The Labute approximate surface area is 134 Å². The second-order valence-electron chi connectivity index (χ2n) is 5.01. The number of ether oxygens (including phenoxy) is 1. The molecule has 1 aromatic carbocycles. The molecule has 6 heteroatoms. The normalized spacial score (nSPS) is 12.1. The molecule has 0 aliphatic carbocycles. The molecule has 0 radical (unpaired) electrons. The number of methoxy groups -OCH3 is 1. The monoisotopic (exact) mass is 320 g/mol. The number of hydrogen-bond acceptors (Lipinski definition) is 5. The average molecular weight is 320 g/mol. The fourth-order valence-electron chi connectivity index (χ4n) is 2.03. The molecule has 2 rings (SSSR count). The van der Waals surface area contributed by atoms with Gasteiger partial charge in [0.15, 0.2) is 0 Å². The zero-order valence-electron chi connectivity index (χ0n) is 12.7. The molecule has 118 valence electrons. The van der Waals surface area contributed by atoms with E-state index in [-0.39, 0.29) is 12.5 Å². The first-order valence-electron chi connectivity index (χ1n) is 7.08. The van der Waals surface area contributed by atoms with Crippen molar-refractivity contribution < 1.29 is 14.6 Å². The smallest absolute Gasteiger partial charge is 0.270 e. The van der Waals surface area contributed by atoms with Crippen molar-refractivity contribution in [2.75, 3.05) is 20.3 Å². The summed E-state index contributed by atoms with van der Waals surface area (Å²) in [7, 11) is 1.53. The Morgan fingerprint density at radius 2 is 2.23 bits per heavy atom. The zero-order chi connectivity index (χ0) is 15.9. The SMILES string of the molecule is COCC(O)CCNC(=O)c1csc(-c2ccccc2C)n1. The Morgan fingerprint density at radius 3 is 2.95 bits per heavy atom. The molecule has 2 N–H and O–H groups in total. The van der Waals surface area contributed by atoms with Gasteiger partial charge in [0, 0.05) is 24.6 Å². The number of carbonyl (C=O) groups excluding carboxylic acids is 1. The quantitative estimate of drug-likeness (QED) is 0.821. The second kappa shape index (κ2) is 8.03. The minimum atomic E-state index is -0.566. The summed E-state index contributed by atoms with van der Waals surface area (Å²) in [5.74, 6) is -0.222. The summed E-state index contributed by atoms with van der Waals surface area (Å²) in [6.45, 7) is 2.68. The van der Waals surface area contributed by atoms with Gasteiger partial charge in [0.1, 0.15) is 10.7 Å². The number of aliphatic hydroxyl groups excluding tert-OH is 1. The number of thiazole rings is 1. The predicted octanol–water partition coefficient (Wildman–Crippen LogP) is 2.25. The summed E-state index contributed by atoms with van der Waals surface area (Å²) in [5.41, 5.74) is 2.58. The van der Waals surface area contributed by atoms with Gasteiger partial charge < -0.3 is 15.2 Å². The summed E-state index contributed by atoms with van der Waals surface area (Å²) in [6.07, 6.45) is -0.114. The highest BCUT2D eigenvalue weighted by atomic mass is 32.1. The number of nitrogens with zero attached hydrogens (tertiary/aromatic N) is 1. The van der Waals surface area contributed by atoms with Crippen molar-refractivity contribution in [3.63, 3.8) is 0 Å². The highest BCUT2D eigenvalue weighted by Crippen LogP contribution is 2.26. The Hall–Kier alpha value is -1.76. The molecule has 1 heterocycles. The van der Waals surface area contributed by atoms with Crippen LogP contribution in [0.15, 0.2) is 29.6 Å². The minimum absolute atomic E-state index is 0.222. The predicted molar refractivity (Wildman–Crippen MR) is 87.1 cm³/mol. The van der Waals surface area contributed by atoms with E-state index in [4.69, 9.17) is 4.74 Å². The van der Waals surface area contributed by atoms with Gasteiger partial charge in [-0.25, -0.2) is 4.98 Å². The van der Waals surface area contributed by atoms with Gasteiger partial charge in [-0.1, -0.05) is 24.3 Å². The molecule has 0 saturated heterocycles. The van der Waals surface area contributed by atoms with Gasteiger partial charge >= 0.3 is 0 Å². The van der Waals surface area contributed by atoms with Crippen molar-refractivity contribution in [3.8, 4) is 10.6 Å². The Balaban J connectivity index is 1.94. The van der Waals surface area contributed by atoms with E-state index in [0.717, 1.165) is 16.1 Å². The van der Waals surface area contributed by atoms with Crippen LogP contribution >= 0.6 is 11.3 Å². The Morgan fingerprint density at radius 1 is 1.45 bits per heavy atom. The van der Waals surface area contributed by atoms with Crippen LogP contribution in [0.1, 0.15) is 22.5 Å². The Bertz CT molecular complexity index is 627. The molecule has 0 aliphatic heterocycles. The van der Waals surface area contributed by atoms with Gasteiger partial charge in [-0.3, -0.25) is 4.79 Å². The molecule has 0 bridgehead atoms. The summed E-state index contributed by atoms with van der Waals surface area (Å²) in [6, 6.07) is 7.96. The van der Waals surface area contributed by atoms with Gasteiger partial charge in [-0.15, -0.1) is 11.3 Å². The van der Waals surface area contributed by atoms with Crippen LogP contribution in [-0.4, -0.2) is 42.4 Å². The number of carbonyl (C=O) groups is 1. The van der Waals surface area contributed by atoms with Crippen molar-refractivity contribution in [3.05, 3.63) is 40.9 Å². The third kappa shape index (κ3) is 4.37. The maximum atomic E-state index is 12.0. The molecule has 0 saturated carbocycles. The lowest BCUT2D eigenvalue weighted by molar-refractivity contribution is 0.0587. The number of aryl methyl sites for hydroxylation is 1. The molecule has 1 unspecified atom stereocenters. The molecule has 1 amide bonds. The van der Waals surface area contributed by atoms with Gasteiger partial charge in [-0.2, -0.15) is 0 Å². The van der Waals surface area contributed by atoms with E-state index < -0.39 is 6.10 Å². The molecule has 0 spiro atoms. The van der Waals surface area contributed by atoms with E-state index in [0.29, 0.717) is 18.7 Å². The number of nitrogens with one attached hydrogen (secondary N) is 1. The lowest BCUT2D eigenvalue weighted by Crippen LogP contribution is -2.28. The molecular weight excluding hydrogens is 300 g/mol. The number of hydrogen-bond donors (Lipinski definition) is 2. The fraction of sp³-hybridized carbons (Fsp3) is 0.375. The number of amides is 1. The summed E-state index contributed by atoms with van der Waals surface area (Å²) < 4.78 is 4.84. The van der Waals surface area contributed by atoms with E-state index in [1.807, 2.05) is 31.2 Å². The van der Waals surface area contributed by atoms with Crippen molar-refractivity contribution >= 4 is 17.2 Å². The Kier molecular flexibility index (Phi) is 6.06. The first-order chi connectivity index (χ1) is 10.6. The molecule has 1 atom stereocenters. The van der Waals surface area contributed by atoms with Crippen molar-refractivity contribution in [2.45, 2.75) is 19.4 Å². The molecule has 0 fully saturated rings. The highest BCUT2D eigenvalue weighted by Gasteiger charge is 2.13. The van der Waals surface area contributed by atoms with Crippen LogP contribution in [0.2, 0.25) is 0 Å². The maximum Gasteiger partial charge on any atom is 0.270 e. The van der Waals surface area contributed by atoms with Crippen molar-refractivity contribution in [1.29, 1.82) is 0 Å².